The Balaban J connectivity index is 2.88. The minimum atomic E-state index is -4.43. The number of rotatable bonds is 4. The van der Waals surface area contributed by atoms with Crippen molar-refractivity contribution >= 4 is 10.4 Å². The monoisotopic (exact) mass is 214 g/mol. The van der Waals surface area contributed by atoms with Crippen LogP contribution in [0.25, 0.3) is 0 Å². The second kappa shape index (κ2) is 4.26. The van der Waals surface area contributed by atoms with Gasteiger partial charge in [0.25, 0.3) is 0 Å². The summed E-state index contributed by atoms with van der Waals surface area (Å²) in [5.74, 6) is 0.0897. The van der Waals surface area contributed by atoms with Crippen LogP contribution in [0.3, 0.4) is 0 Å². The van der Waals surface area contributed by atoms with Crippen molar-refractivity contribution in [2.24, 2.45) is 0 Å². The van der Waals surface area contributed by atoms with Crippen LogP contribution in [-0.4, -0.2) is 13.0 Å². The smallest absolute Gasteiger partial charge is 0.362 e. The molecule has 1 aromatic rings. The van der Waals surface area contributed by atoms with Crippen LogP contribution in [0.4, 0.5) is 0 Å². The van der Waals surface area contributed by atoms with E-state index in [1.54, 1.807) is 18.2 Å². The van der Waals surface area contributed by atoms with Gasteiger partial charge in [0.1, 0.15) is 5.75 Å². The minimum absolute atomic E-state index is 0.0897. The van der Waals surface area contributed by atoms with Crippen LogP contribution >= 0.6 is 0 Å². The molecule has 0 aliphatic carbocycles. The average molecular weight is 214 g/mol. The molecule has 0 amide bonds. The standard InChI is InChI=1S/C9H10O4S/c1-2-4-8-5-3-6-9(7-8)13-14(10,11)12/h2-3,5-7H,1,4H2,(H,10,11,12). The fourth-order valence-electron chi connectivity index (χ4n) is 1.01. The number of benzene rings is 1. The lowest BCUT2D eigenvalue weighted by Crippen LogP contribution is -2.06. The van der Waals surface area contributed by atoms with Gasteiger partial charge in [-0.1, -0.05) is 18.2 Å². The lowest BCUT2D eigenvalue weighted by atomic mass is 10.1. The number of allylic oxidation sites excluding steroid dienone is 1. The van der Waals surface area contributed by atoms with Gasteiger partial charge in [0.05, 0.1) is 0 Å². The minimum Gasteiger partial charge on any atom is -0.362 e. The fraction of sp³-hybridized carbons (Fsp3) is 0.111. The van der Waals surface area contributed by atoms with Gasteiger partial charge in [0.15, 0.2) is 0 Å². The average Bonchev–Trinajstić information content (AvgIpc) is 2.02. The Bertz CT molecular complexity index is 422. The summed E-state index contributed by atoms with van der Waals surface area (Å²) in [5, 5.41) is 0. The molecule has 0 heterocycles. The van der Waals surface area contributed by atoms with Crippen LogP contribution in [0.2, 0.25) is 0 Å². The first-order valence-electron chi connectivity index (χ1n) is 3.88. The van der Waals surface area contributed by atoms with Crippen molar-refractivity contribution in [2.45, 2.75) is 6.42 Å². The van der Waals surface area contributed by atoms with Crippen LogP contribution in [-0.2, 0) is 16.8 Å². The topological polar surface area (TPSA) is 63.6 Å². The second-order valence-corrected chi connectivity index (χ2v) is 3.67. The maximum absolute atomic E-state index is 10.4. The highest BCUT2D eigenvalue weighted by Gasteiger charge is 2.06. The van der Waals surface area contributed by atoms with E-state index in [0.29, 0.717) is 6.42 Å². The van der Waals surface area contributed by atoms with Crippen LogP contribution in [0.15, 0.2) is 36.9 Å². The summed E-state index contributed by atoms with van der Waals surface area (Å²) in [5.41, 5.74) is 0.862. The third-order valence-electron chi connectivity index (χ3n) is 1.48. The van der Waals surface area contributed by atoms with Crippen molar-refractivity contribution in [2.75, 3.05) is 0 Å². The van der Waals surface area contributed by atoms with Crippen LogP contribution < -0.4 is 4.18 Å². The van der Waals surface area contributed by atoms with Gasteiger partial charge in [0.2, 0.25) is 0 Å². The van der Waals surface area contributed by atoms with Gasteiger partial charge in [0, 0.05) is 0 Å². The molecule has 0 unspecified atom stereocenters. The highest BCUT2D eigenvalue weighted by Crippen LogP contribution is 2.15. The molecule has 1 rings (SSSR count). The lowest BCUT2D eigenvalue weighted by molar-refractivity contribution is 0.386. The summed E-state index contributed by atoms with van der Waals surface area (Å²) < 4.78 is 33.5. The van der Waals surface area contributed by atoms with Gasteiger partial charge >= 0.3 is 10.4 Å². The molecule has 76 valence electrons. The van der Waals surface area contributed by atoms with Crippen molar-refractivity contribution in [3.8, 4) is 5.75 Å². The van der Waals surface area contributed by atoms with E-state index in [0.717, 1.165) is 5.56 Å². The van der Waals surface area contributed by atoms with Crippen LogP contribution in [0.5, 0.6) is 5.75 Å². The van der Waals surface area contributed by atoms with Gasteiger partial charge in [-0.25, -0.2) is 0 Å². The summed E-state index contributed by atoms with van der Waals surface area (Å²) in [6, 6.07) is 6.41. The molecule has 0 radical (unpaired) electrons. The highest BCUT2D eigenvalue weighted by atomic mass is 32.3. The van der Waals surface area contributed by atoms with Gasteiger partial charge in [-0.3, -0.25) is 4.55 Å². The lowest BCUT2D eigenvalue weighted by Gasteiger charge is -2.02. The van der Waals surface area contributed by atoms with Gasteiger partial charge < -0.3 is 4.18 Å². The van der Waals surface area contributed by atoms with Crippen LogP contribution in [0, 0.1) is 0 Å². The maximum atomic E-state index is 10.4. The van der Waals surface area contributed by atoms with E-state index >= 15 is 0 Å². The molecular weight excluding hydrogens is 204 g/mol. The summed E-state index contributed by atoms with van der Waals surface area (Å²) in [4.78, 5) is 0. The Morgan fingerprint density at radius 2 is 2.21 bits per heavy atom. The molecule has 0 saturated heterocycles. The van der Waals surface area contributed by atoms with E-state index in [2.05, 4.69) is 10.8 Å². The molecule has 0 aromatic heterocycles. The Morgan fingerprint density at radius 1 is 1.50 bits per heavy atom. The molecule has 0 fully saturated rings. The van der Waals surface area contributed by atoms with E-state index in [1.165, 1.54) is 12.1 Å². The van der Waals surface area contributed by atoms with Crippen molar-refractivity contribution in [1.29, 1.82) is 0 Å². The zero-order valence-electron chi connectivity index (χ0n) is 7.38. The van der Waals surface area contributed by atoms with Crippen molar-refractivity contribution < 1.29 is 17.2 Å². The fourth-order valence-corrected chi connectivity index (χ4v) is 1.36. The molecule has 0 aliphatic heterocycles. The van der Waals surface area contributed by atoms with Crippen molar-refractivity contribution in [3.05, 3.63) is 42.5 Å². The zero-order chi connectivity index (χ0) is 10.6. The first kappa shape index (κ1) is 10.7. The molecule has 1 aromatic carbocycles. The predicted octanol–water partition coefficient (Wildman–Crippen LogP) is 1.60. The molecule has 0 saturated carbocycles. The van der Waals surface area contributed by atoms with Crippen molar-refractivity contribution in [3.63, 3.8) is 0 Å². The van der Waals surface area contributed by atoms with Crippen LogP contribution in [0.1, 0.15) is 5.56 Å². The maximum Gasteiger partial charge on any atom is 0.446 e. The van der Waals surface area contributed by atoms with E-state index in [1.807, 2.05) is 0 Å². The summed E-state index contributed by atoms with van der Waals surface area (Å²) in [7, 11) is -4.43. The summed E-state index contributed by atoms with van der Waals surface area (Å²) >= 11 is 0. The third-order valence-corrected chi connectivity index (χ3v) is 1.88. The van der Waals surface area contributed by atoms with Gasteiger partial charge in [-0.15, -0.1) is 6.58 Å². The van der Waals surface area contributed by atoms with E-state index in [9.17, 15) is 8.42 Å². The van der Waals surface area contributed by atoms with E-state index < -0.39 is 10.4 Å². The highest BCUT2D eigenvalue weighted by molar-refractivity contribution is 7.81. The molecule has 0 aliphatic rings. The molecule has 5 heteroatoms. The molecule has 1 N–H and O–H groups in total. The quantitative estimate of drug-likeness (QED) is 0.610. The van der Waals surface area contributed by atoms with Crippen molar-refractivity contribution in [1.82, 2.24) is 0 Å². The van der Waals surface area contributed by atoms with Gasteiger partial charge in [-0.05, 0) is 24.1 Å². The zero-order valence-corrected chi connectivity index (χ0v) is 8.20. The molecule has 14 heavy (non-hydrogen) atoms. The Hall–Kier alpha value is -1.33. The Morgan fingerprint density at radius 3 is 2.79 bits per heavy atom. The normalized spacial score (nSPS) is 10.9. The Kier molecular flexibility index (Phi) is 3.27. The molecule has 0 bridgehead atoms. The first-order valence-corrected chi connectivity index (χ1v) is 5.24. The first-order chi connectivity index (χ1) is 6.51. The molecular formula is C9H10O4S. The largest absolute Gasteiger partial charge is 0.446 e. The number of hydrogen-bond acceptors (Lipinski definition) is 3. The molecule has 4 nitrogen and oxygen atoms in total. The summed E-state index contributed by atoms with van der Waals surface area (Å²) in [6.07, 6.45) is 2.30. The molecule has 0 atom stereocenters. The number of hydrogen-bond donors (Lipinski definition) is 1. The van der Waals surface area contributed by atoms with E-state index in [4.69, 9.17) is 4.55 Å². The second-order valence-electron chi connectivity index (χ2n) is 2.65. The van der Waals surface area contributed by atoms with E-state index in [-0.39, 0.29) is 5.75 Å². The summed E-state index contributed by atoms with van der Waals surface area (Å²) in [6.45, 7) is 3.55. The molecule has 0 spiro atoms. The van der Waals surface area contributed by atoms with Gasteiger partial charge in [-0.2, -0.15) is 8.42 Å². The SMILES string of the molecule is C=CCc1cccc(OS(=O)(=O)O)c1. The Labute approximate surface area is 82.8 Å². The third kappa shape index (κ3) is 3.59. The predicted molar refractivity (Wildman–Crippen MR) is 52.5 cm³/mol.